The summed E-state index contributed by atoms with van der Waals surface area (Å²) in [5.41, 5.74) is 12.5. The lowest BCUT2D eigenvalue weighted by Gasteiger charge is -2.05. The Bertz CT molecular complexity index is 297. The van der Waals surface area contributed by atoms with Crippen molar-refractivity contribution in [3.05, 3.63) is 29.8 Å². The van der Waals surface area contributed by atoms with Gasteiger partial charge in [0.2, 0.25) is 0 Å². The maximum absolute atomic E-state index is 7.21. The van der Waals surface area contributed by atoms with Crippen LogP contribution in [0.4, 0.5) is 5.69 Å². The minimum Gasteiger partial charge on any atom is -0.385 e. The Morgan fingerprint density at radius 2 is 1.87 bits per heavy atom. The van der Waals surface area contributed by atoms with Crippen LogP contribution in [-0.4, -0.2) is 18.9 Å². The maximum atomic E-state index is 7.21. The van der Waals surface area contributed by atoms with Gasteiger partial charge >= 0.3 is 0 Å². The zero-order valence-corrected chi connectivity index (χ0v) is 9.31. The van der Waals surface area contributed by atoms with Crippen LogP contribution in [0.5, 0.6) is 0 Å². The molecule has 0 saturated carbocycles. The van der Waals surface area contributed by atoms with E-state index in [2.05, 4.69) is 5.32 Å². The summed E-state index contributed by atoms with van der Waals surface area (Å²) in [7, 11) is 0. The van der Waals surface area contributed by atoms with Crippen molar-refractivity contribution in [1.82, 2.24) is 0 Å². The number of nitrogens with two attached hydrogens (primary N) is 2. The standard InChI is InChI=1S/C10H16N4.ClH/c11-6-1-7-14-9-4-2-8(3-5-9)10(12)13;/h2-5,14H,1,6-7,11H2,(H3,12,13);1H. The summed E-state index contributed by atoms with van der Waals surface area (Å²) >= 11 is 0. The fourth-order valence-corrected chi connectivity index (χ4v) is 1.10. The predicted octanol–water partition coefficient (Wildman–Crippen LogP) is 1.15. The Hall–Kier alpha value is -1.26. The third-order valence-corrected chi connectivity index (χ3v) is 1.91. The second-order valence-corrected chi connectivity index (χ2v) is 3.06. The normalized spacial score (nSPS) is 9.13. The van der Waals surface area contributed by atoms with Crippen molar-refractivity contribution in [1.29, 1.82) is 5.41 Å². The Morgan fingerprint density at radius 3 is 2.33 bits per heavy atom. The molecule has 0 atom stereocenters. The van der Waals surface area contributed by atoms with Gasteiger partial charge in [-0.25, -0.2) is 0 Å². The fraction of sp³-hybridized carbons (Fsp3) is 0.300. The summed E-state index contributed by atoms with van der Waals surface area (Å²) in [5.74, 6) is 0.0958. The number of hydrogen-bond acceptors (Lipinski definition) is 3. The molecule has 0 bridgehead atoms. The van der Waals surface area contributed by atoms with E-state index in [-0.39, 0.29) is 18.2 Å². The maximum Gasteiger partial charge on any atom is 0.122 e. The van der Waals surface area contributed by atoms with E-state index in [9.17, 15) is 0 Å². The number of benzene rings is 1. The van der Waals surface area contributed by atoms with E-state index in [1.54, 1.807) is 0 Å². The van der Waals surface area contributed by atoms with Crippen LogP contribution in [0.2, 0.25) is 0 Å². The summed E-state index contributed by atoms with van der Waals surface area (Å²) in [5, 5.41) is 10.4. The van der Waals surface area contributed by atoms with Crippen LogP contribution in [0.3, 0.4) is 0 Å². The topological polar surface area (TPSA) is 87.9 Å². The summed E-state index contributed by atoms with van der Waals surface area (Å²) in [6.07, 6.45) is 0.953. The van der Waals surface area contributed by atoms with E-state index in [0.29, 0.717) is 6.54 Å². The Morgan fingerprint density at radius 1 is 1.27 bits per heavy atom. The Balaban J connectivity index is 0.00000196. The number of nitrogen functional groups attached to an aromatic ring is 1. The number of nitrogens with one attached hydrogen (secondary N) is 2. The van der Waals surface area contributed by atoms with Crippen LogP contribution >= 0.6 is 12.4 Å². The molecular weight excluding hydrogens is 212 g/mol. The summed E-state index contributed by atoms with van der Waals surface area (Å²) < 4.78 is 0. The van der Waals surface area contributed by atoms with Crippen molar-refractivity contribution < 1.29 is 0 Å². The van der Waals surface area contributed by atoms with Crippen molar-refractivity contribution in [3.63, 3.8) is 0 Å². The van der Waals surface area contributed by atoms with Crippen molar-refractivity contribution >= 4 is 23.9 Å². The molecule has 0 saturated heterocycles. The third-order valence-electron chi connectivity index (χ3n) is 1.91. The molecule has 0 aromatic heterocycles. The van der Waals surface area contributed by atoms with Gasteiger partial charge in [-0.3, -0.25) is 5.41 Å². The summed E-state index contributed by atoms with van der Waals surface area (Å²) in [4.78, 5) is 0. The van der Waals surface area contributed by atoms with Crippen molar-refractivity contribution in [2.24, 2.45) is 11.5 Å². The highest BCUT2D eigenvalue weighted by atomic mass is 35.5. The molecule has 0 radical (unpaired) electrons. The molecule has 84 valence electrons. The minimum atomic E-state index is 0. The third kappa shape index (κ3) is 4.67. The van der Waals surface area contributed by atoms with Gasteiger partial charge in [-0.05, 0) is 37.2 Å². The average molecular weight is 229 g/mol. The molecule has 0 aliphatic rings. The number of halogens is 1. The zero-order chi connectivity index (χ0) is 10.4. The second kappa shape index (κ2) is 7.09. The van der Waals surface area contributed by atoms with Gasteiger partial charge in [-0.1, -0.05) is 0 Å². The van der Waals surface area contributed by atoms with E-state index < -0.39 is 0 Å². The molecule has 1 rings (SSSR count). The van der Waals surface area contributed by atoms with E-state index in [1.165, 1.54) is 0 Å². The van der Waals surface area contributed by atoms with E-state index in [1.807, 2.05) is 24.3 Å². The lowest BCUT2D eigenvalue weighted by atomic mass is 10.2. The van der Waals surface area contributed by atoms with E-state index in [4.69, 9.17) is 16.9 Å². The first-order valence-electron chi connectivity index (χ1n) is 4.62. The lowest BCUT2D eigenvalue weighted by molar-refractivity contribution is 0.874. The molecule has 6 N–H and O–H groups in total. The summed E-state index contributed by atoms with van der Waals surface area (Å²) in [6, 6.07) is 7.47. The molecule has 0 aliphatic carbocycles. The number of amidine groups is 1. The van der Waals surface area contributed by atoms with Gasteiger partial charge in [0, 0.05) is 17.8 Å². The van der Waals surface area contributed by atoms with Crippen LogP contribution in [0.25, 0.3) is 0 Å². The van der Waals surface area contributed by atoms with Crippen molar-refractivity contribution in [3.8, 4) is 0 Å². The fourth-order valence-electron chi connectivity index (χ4n) is 1.10. The predicted molar refractivity (Wildman–Crippen MR) is 66.9 cm³/mol. The van der Waals surface area contributed by atoms with Gasteiger partial charge in [0.25, 0.3) is 0 Å². The van der Waals surface area contributed by atoms with Crippen molar-refractivity contribution in [2.75, 3.05) is 18.4 Å². The molecule has 0 heterocycles. The lowest BCUT2D eigenvalue weighted by Crippen LogP contribution is -2.11. The first-order chi connectivity index (χ1) is 6.74. The zero-order valence-electron chi connectivity index (χ0n) is 8.49. The van der Waals surface area contributed by atoms with Crippen molar-refractivity contribution in [2.45, 2.75) is 6.42 Å². The highest BCUT2D eigenvalue weighted by Gasteiger charge is 1.95. The highest BCUT2D eigenvalue weighted by Crippen LogP contribution is 2.08. The molecule has 1 aromatic rings. The molecule has 5 heteroatoms. The van der Waals surface area contributed by atoms with Gasteiger partial charge in [0.1, 0.15) is 5.84 Å². The van der Waals surface area contributed by atoms with Crippen LogP contribution in [0, 0.1) is 5.41 Å². The van der Waals surface area contributed by atoms with Gasteiger partial charge in [-0.2, -0.15) is 0 Å². The first-order valence-corrected chi connectivity index (χ1v) is 4.62. The van der Waals surface area contributed by atoms with E-state index in [0.717, 1.165) is 24.2 Å². The van der Waals surface area contributed by atoms with Crippen LogP contribution in [-0.2, 0) is 0 Å². The number of rotatable bonds is 5. The number of anilines is 1. The summed E-state index contributed by atoms with van der Waals surface area (Å²) in [6.45, 7) is 1.56. The smallest absolute Gasteiger partial charge is 0.122 e. The van der Waals surface area contributed by atoms with E-state index >= 15 is 0 Å². The van der Waals surface area contributed by atoms with Crippen LogP contribution in [0.15, 0.2) is 24.3 Å². The molecule has 0 unspecified atom stereocenters. The molecule has 0 fully saturated rings. The largest absolute Gasteiger partial charge is 0.385 e. The SMILES string of the molecule is Cl.N=C(N)c1ccc(NCCCN)cc1. The second-order valence-electron chi connectivity index (χ2n) is 3.06. The molecule has 4 nitrogen and oxygen atoms in total. The number of hydrogen-bond donors (Lipinski definition) is 4. The average Bonchev–Trinajstić information content (AvgIpc) is 2.19. The molecular formula is C10H17ClN4. The molecule has 0 spiro atoms. The van der Waals surface area contributed by atoms with Gasteiger partial charge in [0.05, 0.1) is 0 Å². The molecule has 0 aliphatic heterocycles. The monoisotopic (exact) mass is 228 g/mol. The molecule has 0 amide bonds. The van der Waals surface area contributed by atoms with Gasteiger partial charge in [-0.15, -0.1) is 12.4 Å². The van der Waals surface area contributed by atoms with Crippen LogP contribution in [0.1, 0.15) is 12.0 Å². The Labute approximate surface area is 96.0 Å². The van der Waals surface area contributed by atoms with Crippen LogP contribution < -0.4 is 16.8 Å². The quantitative estimate of drug-likeness (QED) is 0.346. The van der Waals surface area contributed by atoms with Gasteiger partial charge in [0.15, 0.2) is 0 Å². The first kappa shape index (κ1) is 13.7. The minimum absolute atomic E-state index is 0. The van der Waals surface area contributed by atoms with Gasteiger partial charge < -0.3 is 16.8 Å². The molecule has 1 aromatic carbocycles. The highest BCUT2D eigenvalue weighted by molar-refractivity contribution is 5.95. The molecule has 15 heavy (non-hydrogen) atoms. The Kier molecular flexibility index (Phi) is 6.49.